The second kappa shape index (κ2) is 12.8. The minimum absolute atomic E-state index is 0.0530. The fourth-order valence-electron chi connectivity index (χ4n) is 3.37. The van der Waals surface area contributed by atoms with E-state index in [2.05, 4.69) is 10.6 Å². The Bertz CT molecular complexity index is 1260. The molecule has 198 valence electrons. The Kier molecular flexibility index (Phi) is 9.30. The molecule has 0 aliphatic heterocycles. The van der Waals surface area contributed by atoms with Crippen molar-refractivity contribution in [3.8, 4) is 11.5 Å². The Hall–Kier alpha value is -5.00. The summed E-state index contributed by atoms with van der Waals surface area (Å²) in [7, 11) is 0. The van der Waals surface area contributed by atoms with E-state index >= 15 is 0 Å². The molecule has 0 atom stereocenters. The lowest BCUT2D eigenvalue weighted by molar-refractivity contribution is -0.385. The Labute approximate surface area is 217 Å². The lowest BCUT2D eigenvalue weighted by Crippen LogP contribution is -2.18. The van der Waals surface area contributed by atoms with Crippen molar-refractivity contribution in [1.29, 1.82) is 0 Å². The van der Waals surface area contributed by atoms with Crippen LogP contribution in [0.1, 0.15) is 47.4 Å². The number of nitrogens with one attached hydrogen (secondary N) is 2. The van der Waals surface area contributed by atoms with Crippen LogP contribution in [0.4, 0.5) is 22.7 Å². The molecule has 2 amide bonds. The second-order valence-electron chi connectivity index (χ2n) is 8.03. The maximum atomic E-state index is 13.2. The van der Waals surface area contributed by atoms with Crippen molar-refractivity contribution < 1.29 is 28.9 Å². The van der Waals surface area contributed by atoms with Gasteiger partial charge in [-0.2, -0.15) is 0 Å². The van der Waals surface area contributed by atoms with Crippen molar-refractivity contribution in [2.24, 2.45) is 0 Å². The van der Waals surface area contributed by atoms with E-state index in [1.54, 1.807) is 12.1 Å². The summed E-state index contributed by atoms with van der Waals surface area (Å²) in [6.07, 6.45) is 1.32. The number of rotatable bonds is 12. The number of nitro groups is 2. The number of nitro benzene ring substituents is 2. The third-order valence-electron chi connectivity index (χ3n) is 5.18. The van der Waals surface area contributed by atoms with Crippen LogP contribution in [-0.4, -0.2) is 34.9 Å². The quantitative estimate of drug-likeness (QED) is 0.230. The Morgan fingerprint density at radius 1 is 0.711 bits per heavy atom. The Morgan fingerprint density at radius 2 is 1.11 bits per heavy atom. The third-order valence-corrected chi connectivity index (χ3v) is 5.18. The molecule has 3 rings (SSSR count). The molecule has 0 spiro atoms. The van der Waals surface area contributed by atoms with Crippen LogP contribution < -0.4 is 20.1 Å². The van der Waals surface area contributed by atoms with Gasteiger partial charge in [0.2, 0.25) is 0 Å². The summed E-state index contributed by atoms with van der Waals surface area (Å²) in [5, 5.41) is 27.8. The fourth-order valence-corrected chi connectivity index (χ4v) is 3.37. The molecule has 2 N–H and O–H groups in total. The average molecular weight is 523 g/mol. The first-order chi connectivity index (χ1) is 18.2. The molecule has 0 bridgehead atoms. The zero-order chi connectivity index (χ0) is 27.7. The SMILES string of the molecule is CCCOc1ccc([N+](=O)[O-])cc1C(=O)Nc1ccccc1NC(=O)c1cc([N+](=O)[O-])ccc1OCCC. The van der Waals surface area contributed by atoms with Crippen LogP contribution in [0.25, 0.3) is 0 Å². The summed E-state index contributed by atoms with van der Waals surface area (Å²) >= 11 is 0. The van der Waals surface area contributed by atoms with Gasteiger partial charge in [-0.3, -0.25) is 29.8 Å². The van der Waals surface area contributed by atoms with Crippen LogP contribution in [0.2, 0.25) is 0 Å². The topological polar surface area (TPSA) is 163 Å². The number of para-hydroxylation sites is 2. The van der Waals surface area contributed by atoms with E-state index in [-0.39, 0.29) is 45.4 Å². The van der Waals surface area contributed by atoms with E-state index in [1.807, 2.05) is 13.8 Å². The lowest BCUT2D eigenvalue weighted by atomic mass is 10.1. The zero-order valence-electron chi connectivity index (χ0n) is 20.8. The maximum Gasteiger partial charge on any atom is 0.270 e. The van der Waals surface area contributed by atoms with Gasteiger partial charge < -0.3 is 20.1 Å². The van der Waals surface area contributed by atoms with Gasteiger partial charge in [-0.05, 0) is 37.1 Å². The molecule has 0 saturated heterocycles. The number of carbonyl (C=O) groups excluding carboxylic acids is 2. The minimum Gasteiger partial charge on any atom is -0.493 e. The molecule has 0 aliphatic carbocycles. The molecular weight excluding hydrogens is 496 g/mol. The standard InChI is InChI=1S/C26H26N4O8/c1-3-13-37-23-11-9-17(29(33)34)15-19(23)25(31)27-21-7-5-6-8-22(21)28-26(32)20-16-18(30(35)36)10-12-24(20)38-14-4-2/h5-12,15-16H,3-4,13-14H2,1-2H3,(H,27,31)(H,28,32). The van der Waals surface area contributed by atoms with Gasteiger partial charge in [-0.25, -0.2) is 0 Å². The minimum atomic E-state index is -0.691. The smallest absolute Gasteiger partial charge is 0.270 e. The molecule has 0 fully saturated rings. The molecule has 38 heavy (non-hydrogen) atoms. The van der Waals surface area contributed by atoms with E-state index in [4.69, 9.17) is 9.47 Å². The molecule has 0 radical (unpaired) electrons. The van der Waals surface area contributed by atoms with Crippen LogP contribution in [0.5, 0.6) is 11.5 Å². The number of anilines is 2. The van der Waals surface area contributed by atoms with Crippen molar-refractivity contribution in [1.82, 2.24) is 0 Å². The van der Waals surface area contributed by atoms with E-state index in [0.29, 0.717) is 26.1 Å². The fraction of sp³-hybridized carbons (Fsp3) is 0.231. The van der Waals surface area contributed by atoms with Crippen LogP contribution in [-0.2, 0) is 0 Å². The first-order valence-corrected chi connectivity index (χ1v) is 11.8. The summed E-state index contributed by atoms with van der Waals surface area (Å²) in [6, 6.07) is 13.7. The van der Waals surface area contributed by atoms with Gasteiger partial charge in [-0.1, -0.05) is 26.0 Å². The van der Waals surface area contributed by atoms with Crippen LogP contribution >= 0.6 is 0 Å². The van der Waals surface area contributed by atoms with Gasteiger partial charge >= 0.3 is 0 Å². The first-order valence-electron chi connectivity index (χ1n) is 11.8. The monoisotopic (exact) mass is 522 g/mol. The summed E-state index contributed by atoms with van der Waals surface area (Å²) in [4.78, 5) is 47.6. The predicted octanol–water partition coefficient (Wildman–Crippen LogP) is 5.59. The molecule has 0 saturated carbocycles. The van der Waals surface area contributed by atoms with E-state index in [1.165, 1.54) is 36.4 Å². The molecule has 3 aromatic carbocycles. The van der Waals surface area contributed by atoms with E-state index < -0.39 is 21.7 Å². The number of amides is 2. The van der Waals surface area contributed by atoms with Gasteiger partial charge in [-0.15, -0.1) is 0 Å². The Morgan fingerprint density at radius 3 is 1.45 bits per heavy atom. The molecule has 12 nitrogen and oxygen atoms in total. The van der Waals surface area contributed by atoms with Gasteiger partial charge in [0.25, 0.3) is 23.2 Å². The molecule has 0 heterocycles. The number of non-ortho nitro benzene ring substituents is 2. The Balaban J connectivity index is 1.91. The van der Waals surface area contributed by atoms with Crippen molar-refractivity contribution in [2.75, 3.05) is 23.8 Å². The number of nitrogens with zero attached hydrogens (tertiary/aromatic N) is 2. The highest BCUT2D eigenvalue weighted by atomic mass is 16.6. The summed E-state index contributed by atoms with van der Waals surface area (Å²) in [5.74, 6) is -1.04. The molecular formula is C26H26N4O8. The molecule has 0 unspecified atom stereocenters. The summed E-state index contributed by atoms with van der Waals surface area (Å²) in [5.41, 5.74) is -0.289. The van der Waals surface area contributed by atoms with Crippen molar-refractivity contribution in [2.45, 2.75) is 26.7 Å². The van der Waals surface area contributed by atoms with E-state index in [9.17, 15) is 29.8 Å². The van der Waals surface area contributed by atoms with Crippen LogP contribution in [0.15, 0.2) is 60.7 Å². The number of hydrogen-bond acceptors (Lipinski definition) is 8. The van der Waals surface area contributed by atoms with Crippen molar-refractivity contribution >= 4 is 34.6 Å². The van der Waals surface area contributed by atoms with Gasteiger partial charge in [0.1, 0.15) is 11.5 Å². The number of benzene rings is 3. The third kappa shape index (κ3) is 6.81. The van der Waals surface area contributed by atoms with Gasteiger partial charge in [0.05, 0.1) is 45.6 Å². The second-order valence-corrected chi connectivity index (χ2v) is 8.03. The van der Waals surface area contributed by atoms with Crippen molar-refractivity contribution in [3.63, 3.8) is 0 Å². The highest BCUT2D eigenvalue weighted by Gasteiger charge is 2.21. The summed E-state index contributed by atoms with van der Waals surface area (Å²) in [6.45, 7) is 4.36. The lowest BCUT2D eigenvalue weighted by Gasteiger charge is -2.15. The first kappa shape index (κ1) is 27.6. The molecule has 3 aromatic rings. The summed E-state index contributed by atoms with van der Waals surface area (Å²) < 4.78 is 11.2. The number of ether oxygens (including phenoxy) is 2. The number of carbonyl (C=O) groups is 2. The normalized spacial score (nSPS) is 10.4. The number of hydrogen-bond donors (Lipinski definition) is 2. The highest BCUT2D eigenvalue weighted by Crippen LogP contribution is 2.30. The zero-order valence-corrected chi connectivity index (χ0v) is 20.8. The molecule has 0 aromatic heterocycles. The average Bonchev–Trinajstić information content (AvgIpc) is 2.91. The highest BCUT2D eigenvalue weighted by molar-refractivity contribution is 6.11. The van der Waals surface area contributed by atoms with Crippen LogP contribution in [0, 0.1) is 20.2 Å². The predicted molar refractivity (Wildman–Crippen MR) is 140 cm³/mol. The van der Waals surface area contributed by atoms with Gasteiger partial charge in [0.15, 0.2) is 0 Å². The van der Waals surface area contributed by atoms with E-state index in [0.717, 1.165) is 12.1 Å². The van der Waals surface area contributed by atoms with Gasteiger partial charge in [0, 0.05) is 24.3 Å². The maximum absolute atomic E-state index is 13.2. The van der Waals surface area contributed by atoms with Crippen molar-refractivity contribution in [3.05, 3.63) is 92.0 Å². The van der Waals surface area contributed by atoms with Crippen LogP contribution in [0.3, 0.4) is 0 Å². The molecule has 0 aliphatic rings. The molecule has 12 heteroatoms. The largest absolute Gasteiger partial charge is 0.493 e.